The van der Waals surface area contributed by atoms with E-state index in [-0.39, 0.29) is 11.8 Å². The zero-order chi connectivity index (χ0) is 26.3. The third-order valence-electron chi connectivity index (χ3n) is 6.90. The summed E-state index contributed by atoms with van der Waals surface area (Å²) in [6.45, 7) is 0. The molecule has 1 saturated carbocycles. The van der Waals surface area contributed by atoms with Crippen LogP contribution in [0.4, 0.5) is 5.13 Å². The molecule has 2 aliphatic carbocycles. The molecule has 1 aromatic heterocycles. The smallest absolute Gasteiger partial charge is 0.229 e. The monoisotopic (exact) mass is 532 g/mol. The Labute approximate surface area is 226 Å². The number of carbonyl (C=O) groups is 2. The first-order valence-electron chi connectivity index (χ1n) is 12.9. The molecule has 2 amide bonds. The first-order chi connectivity index (χ1) is 18.6. The minimum absolute atomic E-state index is 0.0255. The second kappa shape index (κ2) is 12.1. The van der Waals surface area contributed by atoms with Gasteiger partial charge in [0.2, 0.25) is 16.9 Å². The Balaban J connectivity index is 0.983. The number of aryl methyl sites for hydroxylation is 1. The standard InChI is InChI=1S/C28H32N6O3S/c1-37-22-12-7-11-20-21(27(20)22)17-25(36)30-28-34-33-26(38-28)13-6-5-10-19-14-15-23(32-31-19)29-24(35)16-18-8-3-2-4-9-18/h2-4,7-9,11-12,14-15,20-21,27,31-32H,5-6,10,13,16-17H2,1H3,(H,29,35)(H,30,34,36). The average Bonchev–Trinajstić information content (AvgIpc) is 3.43. The van der Waals surface area contributed by atoms with Crippen molar-refractivity contribution in [1.29, 1.82) is 0 Å². The van der Waals surface area contributed by atoms with Crippen molar-refractivity contribution in [2.24, 2.45) is 17.8 Å². The Hall–Kier alpha value is -3.92. The maximum Gasteiger partial charge on any atom is 0.229 e. The summed E-state index contributed by atoms with van der Waals surface area (Å²) in [4.78, 5) is 24.7. The van der Waals surface area contributed by atoms with E-state index >= 15 is 0 Å². The van der Waals surface area contributed by atoms with Gasteiger partial charge in [-0.25, -0.2) is 0 Å². The van der Waals surface area contributed by atoms with Gasteiger partial charge in [-0.2, -0.15) is 0 Å². The number of hydrogen-bond acceptors (Lipinski definition) is 8. The van der Waals surface area contributed by atoms with Gasteiger partial charge in [0.1, 0.15) is 10.8 Å². The molecule has 0 spiro atoms. The molecule has 198 valence electrons. The summed E-state index contributed by atoms with van der Waals surface area (Å²) >= 11 is 1.44. The summed E-state index contributed by atoms with van der Waals surface area (Å²) in [5.74, 6) is 2.52. The van der Waals surface area contributed by atoms with Gasteiger partial charge in [0, 0.05) is 24.5 Å². The molecule has 0 saturated heterocycles. The van der Waals surface area contributed by atoms with Gasteiger partial charge in [-0.1, -0.05) is 53.8 Å². The van der Waals surface area contributed by atoms with Gasteiger partial charge >= 0.3 is 0 Å². The van der Waals surface area contributed by atoms with E-state index in [4.69, 9.17) is 4.74 Å². The summed E-state index contributed by atoms with van der Waals surface area (Å²) in [7, 11) is 1.68. The van der Waals surface area contributed by atoms with Gasteiger partial charge in [0.15, 0.2) is 0 Å². The van der Waals surface area contributed by atoms with Gasteiger partial charge in [-0.15, -0.1) is 10.2 Å². The number of hydrazine groups is 1. The number of carbonyl (C=O) groups excluding carboxylic acids is 2. The van der Waals surface area contributed by atoms with Crippen molar-refractivity contribution < 1.29 is 14.3 Å². The van der Waals surface area contributed by atoms with Crippen molar-refractivity contribution in [3.05, 3.63) is 88.6 Å². The molecule has 3 atom stereocenters. The molecule has 0 radical (unpaired) electrons. The molecule has 5 rings (SSSR count). The van der Waals surface area contributed by atoms with Crippen molar-refractivity contribution in [3.63, 3.8) is 0 Å². The number of anilines is 1. The van der Waals surface area contributed by atoms with Crippen LogP contribution in [0, 0.1) is 17.8 Å². The van der Waals surface area contributed by atoms with Crippen LogP contribution >= 0.6 is 11.3 Å². The van der Waals surface area contributed by atoms with Crippen molar-refractivity contribution in [3.8, 4) is 0 Å². The lowest BCUT2D eigenvalue weighted by molar-refractivity contribution is -0.120. The first-order valence-corrected chi connectivity index (χ1v) is 13.7. The van der Waals surface area contributed by atoms with Gasteiger partial charge in [0.25, 0.3) is 0 Å². The highest BCUT2D eigenvalue weighted by molar-refractivity contribution is 7.15. The lowest BCUT2D eigenvalue weighted by Crippen LogP contribution is -2.41. The second-order valence-electron chi connectivity index (χ2n) is 9.62. The maximum atomic E-state index is 12.5. The van der Waals surface area contributed by atoms with Crippen LogP contribution in [0.5, 0.6) is 0 Å². The molecule has 2 heterocycles. The quantitative estimate of drug-likeness (QED) is 0.308. The third kappa shape index (κ3) is 6.69. The van der Waals surface area contributed by atoms with Crippen LogP contribution in [0.25, 0.3) is 0 Å². The molecule has 9 nitrogen and oxygen atoms in total. The highest BCUT2D eigenvalue weighted by Gasteiger charge is 2.53. The van der Waals surface area contributed by atoms with Crippen LogP contribution < -0.4 is 21.5 Å². The largest absolute Gasteiger partial charge is 0.501 e. The number of unbranched alkanes of at least 4 members (excludes halogenated alkanes) is 1. The summed E-state index contributed by atoms with van der Waals surface area (Å²) < 4.78 is 5.43. The van der Waals surface area contributed by atoms with Crippen molar-refractivity contribution in [1.82, 2.24) is 26.4 Å². The van der Waals surface area contributed by atoms with E-state index in [1.807, 2.05) is 54.6 Å². The number of allylic oxidation sites excluding steroid dienone is 7. The molecule has 2 aromatic rings. The number of amides is 2. The summed E-state index contributed by atoms with van der Waals surface area (Å²) in [6.07, 6.45) is 14.4. The van der Waals surface area contributed by atoms with Crippen molar-refractivity contribution in [2.75, 3.05) is 12.4 Å². The van der Waals surface area contributed by atoms with Gasteiger partial charge in [-0.05, 0) is 54.9 Å². The number of nitrogens with zero attached hydrogens (tertiary/aromatic N) is 2. The Morgan fingerprint density at radius 1 is 1.00 bits per heavy atom. The lowest BCUT2D eigenvalue weighted by Gasteiger charge is -2.20. The second-order valence-corrected chi connectivity index (χ2v) is 10.7. The number of rotatable bonds is 12. The SMILES string of the molecule is COC1=CC=CC2C(CC(=O)Nc3nnc(CCCCC4=CC=C(NC(=O)Cc5ccccc5)NN4)s3)C12. The molecule has 38 heavy (non-hydrogen) atoms. The molecule has 10 heteroatoms. The normalized spacial score (nSPS) is 21.1. The van der Waals surface area contributed by atoms with E-state index in [0.29, 0.717) is 41.5 Å². The first kappa shape index (κ1) is 25.7. The summed E-state index contributed by atoms with van der Waals surface area (Å²) in [5, 5.41) is 15.6. The van der Waals surface area contributed by atoms with Crippen LogP contribution in [0.15, 0.2) is 78.0 Å². The number of fused-ring (bicyclic) bond motifs is 1. The van der Waals surface area contributed by atoms with Crippen LogP contribution in [0.2, 0.25) is 0 Å². The fraction of sp³-hybridized carbons (Fsp3) is 0.357. The number of aromatic nitrogens is 2. The summed E-state index contributed by atoms with van der Waals surface area (Å²) in [5.41, 5.74) is 8.22. The zero-order valence-electron chi connectivity index (χ0n) is 21.3. The fourth-order valence-electron chi connectivity index (χ4n) is 4.91. The van der Waals surface area contributed by atoms with Gasteiger partial charge in [0.05, 0.1) is 19.3 Å². The Bertz CT molecular complexity index is 1280. The number of hydrogen-bond donors (Lipinski definition) is 4. The maximum absolute atomic E-state index is 12.5. The Morgan fingerprint density at radius 3 is 2.63 bits per heavy atom. The molecule has 4 N–H and O–H groups in total. The molecular formula is C28H32N6O3S. The van der Waals surface area contributed by atoms with Crippen molar-refractivity contribution in [2.45, 2.75) is 38.5 Å². The topological polar surface area (TPSA) is 117 Å². The van der Waals surface area contributed by atoms with Gasteiger partial charge in [-0.3, -0.25) is 15.0 Å². The molecule has 3 aliphatic rings. The molecule has 1 fully saturated rings. The van der Waals surface area contributed by atoms with E-state index in [2.05, 4.69) is 37.8 Å². The van der Waals surface area contributed by atoms with E-state index in [1.165, 1.54) is 11.3 Å². The number of nitrogens with one attached hydrogen (secondary N) is 4. The molecule has 1 aliphatic heterocycles. The van der Waals surface area contributed by atoms with Crippen LogP contribution in [-0.4, -0.2) is 29.1 Å². The number of benzene rings is 1. The van der Waals surface area contributed by atoms with E-state index in [1.54, 1.807) is 7.11 Å². The Kier molecular flexibility index (Phi) is 8.18. The molecular weight excluding hydrogens is 500 g/mol. The van der Waals surface area contributed by atoms with Crippen LogP contribution in [0.3, 0.4) is 0 Å². The predicted molar refractivity (Wildman–Crippen MR) is 146 cm³/mol. The van der Waals surface area contributed by atoms with Crippen LogP contribution in [0.1, 0.15) is 36.3 Å². The minimum atomic E-state index is -0.0682. The summed E-state index contributed by atoms with van der Waals surface area (Å²) in [6, 6.07) is 9.65. The van der Waals surface area contributed by atoms with Crippen molar-refractivity contribution >= 4 is 28.3 Å². The molecule has 3 unspecified atom stereocenters. The molecule has 0 bridgehead atoms. The van der Waals surface area contributed by atoms with E-state index < -0.39 is 0 Å². The highest BCUT2D eigenvalue weighted by Crippen LogP contribution is 2.55. The van der Waals surface area contributed by atoms with Crippen LogP contribution in [-0.2, 0) is 27.2 Å². The predicted octanol–water partition coefficient (Wildman–Crippen LogP) is 3.73. The zero-order valence-corrected chi connectivity index (χ0v) is 22.1. The highest BCUT2D eigenvalue weighted by atomic mass is 32.1. The number of methoxy groups -OCH3 is 1. The average molecular weight is 533 g/mol. The Morgan fingerprint density at radius 2 is 1.84 bits per heavy atom. The van der Waals surface area contributed by atoms with Gasteiger partial charge < -0.3 is 20.8 Å². The number of ether oxygens (including phenoxy) is 1. The fourth-order valence-corrected chi connectivity index (χ4v) is 5.71. The molecule has 1 aromatic carbocycles. The third-order valence-corrected chi connectivity index (χ3v) is 7.80. The minimum Gasteiger partial charge on any atom is -0.501 e. The van der Waals surface area contributed by atoms with E-state index in [9.17, 15) is 9.59 Å². The van der Waals surface area contributed by atoms with E-state index in [0.717, 1.165) is 47.7 Å². The lowest BCUT2D eigenvalue weighted by atomic mass is 10.1.